The molecule has 1 aliphatic heterocycles. The Morgan fingerprint density at radius 3 is 2.69 bits per heavy atom. The van der Waals surface area contributed by atoms with Crippen LogP contribution in [0.4, 0.5) is 5.82 Å². The molecule has 0 saturated carbocycles. The van der Waals surface area contributed by atoms with E-state index in [1.807, 2.05) is 30.9 Å². The molecule has 1 saturated heterocycles. The molecule has 1 atom stereocenters. The molecule has 4 rings (SSSR count). The predicted molar refractivity (Wildman–Crippen MR) is 102 cm³/mol. The van der Waals surface area contributed by atoms with Gasteiger partial charge in [0.05, 0.1) is 17.4 Å². The highest BCUT2D eigenvalue weighted by molar-refractivity contribution is 5.38. The minimum absolute atomic E-state index is 0.351. The molecular weight excluding hydrogens is 324 g/mol. The number of likely N-dealkylation sites (tertiary alicyclic amines) is 1. The van der Waals surface area contributed by atoms with Crippen LogP contribution in [0.25, 0.3) is 0 Å². The molecule has 6 heteroatoms. The molecule has 1 aliphatic rings. The van der Waals surface area contributed by atoms with Gasteiger partial charge < -0.3 is 5.32 Å². The van der Waals surface area contributed by atoms with Crippen LogP contribution in [0.1, 0.15) is 35.2 Å². The Kier molecular flexibility index (Phi) is 4.67. The van der Waals surface area contributed by atoms with Crippen LogP contribution < -0.4 is 5.32 Å². The predicted octanol–water partition coefficient (Wildman–Crippen LogP) is 3.08. The van der Waals surface area contributed by atoms with Gasteiger partial charge in [0.15, 0.2) is 0 Å². The quantitative estimate of drug-likeness (QED) is 0.742. The van der Waals surface area contributed by atoms with E-state index in [1.54, 1.807) is 0 Å². The molecule has 0 amide bonds. The summed E-state index contributed by atoms with van der Waals surface area (Å²) in [6.07, 6.45) is 2.98. The first-order valence-corrected chi connectivity index (χ1v) is 9.03. The lowest BCUT2D eigenvalue weighted by atomic mass is 9.98. The maximum atomic E-state index is 4.70. The van der Waals surface area contributed by atoms with Crippen molar-refractivity contribution in [1.29, 1.82) is 0 Å². The molecule has 134 valence electrons. The summed E-state index contributed by atoms with van der Waals surface area (Å²) in [5.41, 5.74) is 3.57. The molecule has 26 heavy (non-hydrogen) atoms. The Morgan fingerprint density at radius 2 is 2.00 bits per heavy atom. The maximum absolute atomic E-state index is 4.70. The largest absolute Gasteiger partial charge is 0.366 e. The van der Waals surface area contributed by atoms with Gasteiger partial charge >= 0.3 is 0 Å². The van der Waals surface area contributed by atoms with Crippen LogP contribution in [0.15, 0.2) is 48.7 Å². The number of hydrogen-bond acceptors (Lipinski definition) is 5. The lowest BCUT2D eigenvalue weighted by Crippen LogP contribution is -2.41. The highest BCUT2D eigenvalue weighted by Crippen LogP contribution is 2.34. The lowest BCUT2D eigenvalue weighted by Gasteiger charge is -2.40. The van der Waals surface area contributed by atoms with Crippen molar-refractivity contribution < 1.29 is 0 Å². The highest BCUT2D eigenvalue weighted by atomic mass is 15.3. The van der Waals surface area contributed by atoms with Gasteiger partial charge in [-0.25, -0.2) is 9.97 Å². The van der Waals surface area contributed by atoms with Gasteiger partial charge in [-0.15, -0.1) is 0 Å². The van der Waals surface area contributed by atoms with Gasteiger partial charge in [0, 0.05) is 38.9 Å². The summed E-state index contributed by atoms with van der Waals surface area (Å²) in [6, 6.07) is 14.9. The second kappa shape index (κ2) is 7.25. The molecule has 3 heterocycles. The fraction of sp³-hybridized carbons (Fsp3) is 0.350. The molecule has 1 fully saturated rings. The third-order valence-electron chi connectivity index (χ3n) is 4.93. The van der Waals surface area contributed by atoms with E-state index in [2.05, 4.69) is 56.7 Å². The Balaban J connectivity index is 1.46. The van der Waals surface area contributed by atoms with Crippen molar-refractivity contribution in [2.45, 2.75) is 32.5 Å². The molecule has 0 unspecified atom stereocenters. The molecule has 0 radical (unpaired) electrons. The molecule has 1 N–H and O–H groups in total. The van der Waals surface area contributed by atoms with Crippen LogP contribution >= 0.6 is 0 Å². The van der Waals surface area contributed by atoms with Crippen molar-refractivity contribution in [2.24, 2.45) is 7.05 Å². The van der Waals surface area contributed by atoms with E-state index in [1.165, 1.54) is 11.3 Å². The summed E-state index contributed by atoms with van der Waals surface area (Å²) in [7, 11) is 1.99. The van der Waals surface area contributed by atoms with Crippen LogP contribution in [0.3, 0.4) is 0 Å². The summed E-state index contributed by atoms with van der Waals surface area (Å²) >= 11 is 0. The topological polar surface area (TPSA) is 58.9 Å². The number of hydrogen-bond donors (Lipinski definition) is 1. The van der Waals surface area contributed by atoms with Crippen LogP contribution in [0, 0.1) is 6.92 Å². The zero-order valence-electron chi connectivity index (χ0n) is 15.3. The molecule has 1 aromatic carbocycles. The summed E-state index contributed by atoms with van der Waals surface area (Å²) in [5.74, 6) is 1.70. The number of nitrogens with one attached hydrogen (secondary N) is 1. The first kappa shape index (κ1) is 16.7. The first-order valence-electron chi connectivity index (χ1n) is 9.03. The van der Waals surface area contributed by atoms with Gasteiger partial charge in [-0.05, 0) is 25.0 Å². The SMILES string of the molecule is Cc1nc(NCc2ccccc2)cc([C@@H]2CCN2Cc2ccnn2C)n1. The zero-order chi connectivity index (χ0) is 17.9. The minimum Gasteiger partial charge on any atom is -0.366 e. The Hall–Kier alpha value is -2.73. The van der Waals surface area contributed by atoms with E-state index in [0.29, 0.717) is 6.04 Å². The van der Waals surface area contributed by atoms with E-state index in [4.69, 9.17) is 4.98 Å². The van der Waals surface area contributed by atoms with Crippen LogP contribution in [-0.2, 0) is 20.1 Å². The smallest absolute Gasteiger partial charge is 0.130 e. The molecule has 0 spiro atoms. The van der Waals surface area contributed by atoms with E-state index in [0.717, 1.165) is 43.4 Å². The molecule has 6 nitrogen and oxygen atoms in total. The fourth-order valence-corrected chi connectivity index (χ4v) is 3.37. The van der Waals surface area contributed by atoms with Gasteiger partial charge in [0.1, 0.15) is 11.6 Å². The van der Waals surface area contributed by atoms with Gasteiger partial charge in [-0.1, -0.05) is 30.3 Å². The summed E-state index contributed by atoms with van der Waals surface area (Å²) < 4.78 is 1.94. The van der Waals surface area contributed by atoms with E-state index in [-0.39, 0.29) is 0 Å². The molecule has 3 aromatic rings. The fourth-order valence-electron chi connectivity index (χ4n) is 3.37. The van der Waals surface area contributed by atoms with Crippen molar-refractivity contribution in [3.05, 3.63) is 71.4 Å². The van der Waals surface area contributed by atoms with Crippen LogP contribution in [0.5, 0.6) is 0 Å². The Labute approximate surface area is 153 Å². The summed E-state index contributed by atoms with van der Waals surface area (Å²) in [4.78, 5) is 11.7. The molecule has 0 aliphatic carbocycles. The minimum atomic E-state index is 0.351. The molecular formula is C20H24N6. The van der Waals surface area contributed by atoms with E-state index >= 15 is 0 Å². The van der Waals surface area contributed by atoms with Gasteiger partial charge in [-0.2, -0.15) is 5.10 Å². The van der Waals surface area contributed by atoms with Crippen LogP contribution in [-0.4, -0.2) is 31.2 Å². The van der Waals surface area contributed by atoms with Crippen molar-refractivity contribution in [3.63, 3.8) is 0 Å². The average Bonchev–Trinajstić information content (AvgIpc) is 3.02. The van der Waals surface area contributed by atoms with Crippen LogP contribution in [0.2, 0.25) is 0 Å². The van der Waals surface area contributed by atoms with Crippen molar-refractivity contribution in [2.75, 3.05) is 11.9 Å². The highest BCUT2D eigenvalue weighted by Gasteiger charge is 2.31. The number of nitrogens with zero attached hydrogens (tertiary/aromatic N) is 5. The number of benzene rings is 1. The average molecular weight is 348 g/mol. The third kappa shape index (κ3) is 3.60. The standard InChI is InChI=1S/C20H24N6/c1-15-23-18(12-20(24-15)21-13-16-6-4-3-5-7-16)19-9-11-26(19)14-17-8-10-22-25(17)2/h3-8,10,12,19H,9,11,13-14H2,1-2H3,(H,21,23,24)/t19-/m0/s1. The first-order chi connectivity index (χ1) is 12.7. The van der Waals surface area contributed by atoms with Gasteiger partial charge in [0.2, 0.25) is 0 Å². The number of rotatable bonds is 6. The second-order valence-corrected chi connectivity index (χ2v) is 6.79. The summed E-state index contributed by atoms with van der Waals surface area (Å²) in [6.45, 7) is 4.71. The summed E-state index contributed by atoms with van der Waals surface area (Å²) in [5, 5.41) is 7.69. The van der Waals surface area contributed by atoms with E-state index < -0.39 is 0 Å². The molecule has 2 aromatic heterocycles. The zero-order valence-corrected chi connectivity index (χ0v) is 15.3. The lowest BCUT2D eigenvalue weighted by molar-refractivity contribution is 0.0757. The van der Waals surface area contributed by atoms with Gasteiger partial charge in [-0.3, -0.25) is 9.58 Å². The third-order valence-corrected chi connectivity index (χ3v) is 4.93. The normalized spacial score (nSPS) is 17.1. The van der Waals surface area contributed by atoms with Crippen molar-refractivity contribution in [1.82, 2.24) is 24.6 Å². The molecule has 0 bridgehead atoms. The monoisotopic (exact) mass is 348 g/mol. The van der Waals surface area contributed by atoms with Crippen molar-refractivity contribution >= 4 is 5.82 Å². The Morgan fingerprint density at radius 1 is 1.15 bits per heavy atom. The second-order valence-electron chi connectivity index (χ2n) is 6.79. The van der Waals surface area contributed by atoms with E-state index in [9.17, 15) is 0 Å². The number of aryl methyl sites for hydroxylation is 2. The Bertz CT molecular complexity index is 873. The number of anilines is 1. The van der Waals surface area contributed by atoms with Crippen molar-refractivity contribution in [3.8, 4) is 0 Å². The maximum Gasteiger partial charge on any atom is 0.130 e. The number of aromatic nitrogens is 4. The van der Waals surface area contributed by atoms with Gasteiger partial charge in [0.25, 0.3) is 0 Å².